The molecule has 0 bridgehead atoms. The van der Waals surface area contributed by atoms with Crippen LogP contribution < -0.4 is 10.2 Å². The summed E-state index contributed by atoms with van der Waals surface area (Å²) in [6.45, 7) is 1.82. The van der Waals surface area contributed by atoms with Crippen molar-refractivity contribution < 1.29 is 4.79 Å². The Hall–Kier alpha value is -1.06. The van der Waals surface area contributed by atoms with E-state index in [1.165, 1.54) is 5.56 Å². The van der Waals surface area contributed by atoms with Gasteiger partial charge in [-0.25, -0.2) is 0 Å². The summed E-state index contributed by atoms with van der Waals surface area (Å²) >= 11 is 0. The number of rotatable bonds is 1. The smallest absolute Gasteiger partial charge is 0.244 e. The molecule has 1 aromatic rings. The van der Waals surface area contributed by atoms with Crippen molar-refractivity contribution in [3.63, 3.8) is 0 Å². The number of benzene rings is 1. The molecule has 1 saturated heterocycles. The zero-order chi connectivity index (χ0) is 10.3. The van der Waals surface area contributed by atoms with Crippen molar-refractivity contribution in [3.05, 3.63) is 29.8 Å². The van der Waals surface area contributed by atoms with E-state index in [0.29, 0.717) is 0 Å². The molecule has 0 saturated carbocycles. The number of hydrogen-bond donors (Lipinski definition) is 1. The highest BCUT2D eigenvalue weighted by Crippen LogP contribution is 2.28. The molecule has 2 aliphatic rings. The molecule has 0 spiro atoms. The van der Waals surface area contributed by atoms with Gasteiger partial charge in [0.25, 0.3) is 0 Å². The van der Waals surface area contributed by atoms with Gasteiger partial charge in [0.2, 0.25) is 5.91 Å². The van der Waals surface area contributed by atoms with Crippen LogP contribution in [0.2, 0.25) is 0 Å². The molecule has 2 aliphatic heterocycles. The molecule has 2 heterocycles. The van der Waals surface area contributed by atoms with Crippen molar-refractivity contribution in [2.75, 3.05) is 18.0 Å². The minimum atomic E-state index is 0. The fourth-order valence-corrected chi connectivity index (χ4v) is 2.25. The maximum atomic E-state index is 12.1. The SMILES string of the molecule is Cl.O=C([C@H]1CCN1)N1CCc2ccccc21. The van der Waals surface area contributed by atoms with Crippen molar-refractivity contribution in [2.24, 2.45) is 0 Å². The molecule has 1 aromatic carbocycles. The maximum absolute atomic E-state index is 12.1. The van der Waals surface area contributed by atoms with Crippen LogP contribution in [-0.4, -0.2) is 25.0 Å². The van der Waals surface area contributed by atoms with E-state index in [0.717, 1.165) is 31.6 Å². The first-order chi connectivity index (χ1) is 7.36. The number of amides is 1. The molecule has 3 nitrogen and oxygen atoms in total. The molecule has 1 fully saturated rings. The standard InChI is InChI=1S/C12H14N2O.ClH/c15-12(10-5-7-13-10)14-8-6-9-3-1-2-4-11(9)14;/h1-4,10,13H,5-8H2;1H/t10-;/m1./s1. The number of nitrogens with one attached hydrogen (secondary N) is 1. The van der Waals surface area contributed by atoms with Crippen molar-refractivity contribution in [2.45, 2.75) is 18.9 Å². The lowest BCUT2D eigenvalue weighted by atomic mass is 10.1. The van der Waals surface area contributed by atoms with Crippen LogP contribution in [-0.2, 0) is 11.2 Å². The van der Waals surface area contributed by atoms with Gasteiger partial charge in [0, 0.05) is 12.2 Å². The maximum Gasteiger partial charge on any atom is 0.244 e. The van der Waals surface area contributed by atoms with E-state index in [4.69, 9.17) is 0 Å². The van der Waals surface area contributed by atoms with Crippen LogP contribution in [0.5, 0.6) is 0 Å². The molecule has 1 atom stereocenters. The van der Waals surface area contributed by atoms with E-state index in [1.54, 1.807) is 0 Å². The summed E-state index contributed by atoms with van der Waals surface area (Å²) in [5, 5.41) is 3.16. The second kappa shape index (κ2) is 4.44. The quantitative estimate of drug-likeness (QED) is 0.801. The van der Waals surface area contributed by atoms with Gasteiger partial charge >= 0.3 is 0 Å². The van der Waals surface area contributed by atoms with Gasteiger partial charge in [-0.3, -0.25) is 4.79 Å². The summed E-state index contributed by atoms with van der Waals surface area (Å²) in [5.41, 5.74) is 2.40. The molecule has 16 heavy (non-hydrogen) atoms. The molecular weight excluding hydrogens is 224 g/mol. The van der Waals surface area contributed by atoms with Crippen molar-refractivity contribution in [1.82, 2.24) is 5.32 Å². The first-order valence-electron chi connectivity index (χ1n) is 5.49. The lowest BCUT2D eigenvalue weighted by Gasteiger charge is -2.30. The fraction of sp³-hybridized carbons (Fsp3) is 0.417. The Kier molecular flexibility index (Phi) is 3.17. The van der Waals surface area contributed by atoms with Crippen LogP contribution in [0, 0.1) is 0 Å². The zero-order valence-corrected chi connectivity index (χ0v) is 9.80. The molecule has 3 rings (SSSR count). The predicted molar refractivity (Wildman–Crippen MR) is 66.2 cm³/mol. The molecule has 0 unspecified atom stereocenters. The summed E-state index contributed by atoms with van der Waals surface area (Å²) in [5.74, 6) is 0.242. The largest absolute Gasteiger partial charge is 0.310 e. The third-order valence-electron chi connectivity index (χ3n) is 3.28. The van der Waals surface area contributed by atoms with Crippen molar-refractivity contribution in [1.29, 1.82) is 0 Å². The number of fused-ring (bicyclic) bond motifs is 1. The topological polar surface area (TPSA) is 32.3 Å². The van der Waals surface area contributed by atoms with Crippen LogP contribution >= 0.6 is 12.4 Å². The lowest BCUT2D eigenvalue weighted by Crippen LogP contribution is -2.54. The molecule has 0 radical (unpaired) electrons. The highest BCUT2D eigenvalue weighted by atomic mass is 35.5. The Labute approximate surface area is 101 Å². The summed E-state index contributed by atoms with van der Waals surface area (Å²) in [6, 6.07) is 8.25. The minimum absolute atomic E-state index is 0. The Morgan fingerprint density at radius 2 is 2.12 bits per heavy atom. The number of carbonyl (C=O) groups is 1. The Morgan fingerprint density at radius 1 is 1.38 bits per heavy atom. The normalized spacial score (nSPS) is 22.0. The predicted octanol–water partition coefficient (Wildman–Crippen LogP) is 1.36. The third kappa shape index (κ3) is 1.70. The van der Waals surface area contributed by atoms with Gasteiger partial charge in [-0.05, 0) is 31.0 Å². The van der Waals surface area contributed by atoms with Gasteiger partial charge in [-0.2, -0.15) is 0 Å². The number of halogens is 1. The monoisotopic (exact) mass is 238 g/mol. The number of para-hydroxylation sites is 1. The number of carbonyl (C=O) groups excluding carboxylic acids is 1. The number of nitrogens with zero attached hydrogens (tertiary/aromatic N) is 1. The number of hydrogen-bond acceptors (Lipinski definition) is 2. The van der Waals surface area contributed by atoms with E-state index < -0.39 is 0 Å². The average molecular weight is 239 g/mol. The van der Waals surface area contributed by atoms with Gasteiger partial charge in [0.1, 0.15) is 0 Å². The highest BCUT2D eigenvalue weighted by Gasteiger charge is 2.32. The van der Waals surface area contributed by atoms with Gasteiger partial charge in [-0.1, -0.05) is 18.2 Å². The Bertz CT molecular complexity index is 404. The Balaban J connectivity index is 0.000000963. The van der Waals surface area contributed by atoms with Crippen LogP contribution in [0.1, 0.15) is 12.0 Å². The van der Waals surface area contributed by atoms with E-state index >= 15 is 0 Å². The molecule has 1 N–H and O–H groups in total. The number of anilines is 1. The lowest BCUT2D eigenvalue weighted by molar-refractivity contribution is -0.122. The molecule has 0 aromatic heterocycles. The zero-order valence-electron chi connectivity index (χ0n) is 8.98. The van der Waals surface area contributed by atoms with Gasteiger partial charge < -0.3 is 10.2 Å². The van der Waals surface area contributed by atoms with Crippen LogP contribution in [0.3, 0.4) is 0 Å². The van der Waals surface area contributed by atoms with Crippen LogP contribution in [0.25, 0.3) is 0 Å². The van der Waals surface area contributed by atoms with Crippen LogP contribution in [0.4, 0.5) is 5.69 Å². The molecule has 1 amide bonds. The van der Waals surface area contributed by atoms with Crippen molar-refractivity contribution in [3.8, 4) is 0 Å². The van der Waals surface area contributed by atoms with E-state index in [-0.39, 0.29) is 24.4 Å². The van der Waals surface area contributed by atoms with Gasteiger partial charge in [0.05, 0.1) is 6.04 Å². The minimum Gasteiger partial charge on any atom is -0.310 e. The van der Waals surface area contributed by atoms with Gasteiger partial charge in [0.15, 0.2) is 0 Å². The molecular formula is C12H15ClN2O. The van der Waals surface area contributed by atoms with E-state index in [1.807, 2.05) is 23.1 Å². The first kappa shape index (κ1) is 11.4. The van der Waals surface area contributed by atoms with Crippen molar-refractivity contribution >= 4 is 24.0 Å². The van der Waals surface area contributed by atoms with E-state index in [2.05, 4.69) is 11.4 Å². The van der Waals surface area contributed by atoms with Crippen LogP contribution in [0.15, 0.2) is 24.3 Å². The van der Waals surface area contributed by atoms with Gasteiger partial charge in [-0.15, -0.1) is 12.4 Å². The first-order valence-corrected chi connectivity index (χ1v) is 5.49. The second-order valence-corrected chi connectivity index (χ2v) is 4.16. The third-order valence-corrected chi connectivity index (χ3v) is 3.28. The second-order valence-electron chi connectivity index (χ2n) is 4.16. The molecule has 0 aliphatic carbocycles. The molecule has 86 valence electrons. The fourth-order valence-electron chi connectivity index (χ4n) is 2.25. The summed E-state index contributed by atoms with van der Waals surface area (Å²) in [4.78, 5) is 14.0. The molecule has 4 heteroatoms. The average Bonchev–Trinajstić information content (AvgIpc) is 2.58. The van der Waals surface area contributed by atoms with E-state index in [9.17, 15) is 4.79 Å². The Morgan fingerprint density at radius 3 is 2.81 bits per heavy atom. The summed E-state index contributed by atoms with van der Waals surface area (Å²) < 4.78 is 0. The summed E-state index contributed by atoms with van der Waals surface area (Å²) in [6.07, 6.45) is 1.98. The summed E-state index contributed by atoms with van der Waals surface area (Å²) in [7, 11) is 0. The highest BCUT2D eigenvalue weighted by molar-refractivity contribution is 5.99.